The summed E-state index contributed by atoms with van der Waals surface area (Å²) in [7, 11) is 1.41. The standard InChI is InChI=1S/C25H20F6N6O3/c1-35-33-23(32-34-35)36(11-13-8-15(24(26,27)28)10-16(9-13)25(29,30)31)12-18-17-4-2-3-5-19(17)37(20(18)22(39)40)21(38)14-6-7-14/h2-5,8-10,14H,6-7,11-12H2,1H3,(H,39,40). The molecule has 2 aromatic carbocycles. The van der Waals surface area contributed by atoms with Crippen molar-refractivity contribution in [2.75, 3.05) is 4.90 Å². The second-order valence-corrected chi connectivity index (χ2v) is 9.45. The third-order valence-electron chi connectivity index (χ3n) is 6.48. The van der Waals surface area contributed by atoms with Crippen LogP contribution in [0, 0.1) is 5.92 Å². The van der Waals surface area contributed by atoms with Crippen molar-refractivity contribution in [2.24, 2.45) is 13.0 Å². The van der Waals surface area contributed by atoms with Crippen molar-refractivity contribution in [3.05, 3.63) is 70.4 Å². The molecule has 210 valence electrons. The van der Waals surface area contributed by atoms with Gasteiger partial charge in [0.2, 0.25) is 5.91 Å². The number of alkyl halides is 6. The normalized spacial score (nSPS) is 14.1. The number of aromatic carboxylic acids is 1. The number of benzene rings is 2. The topological polar surface area (TPSA) is 106 Å². The zero-order chi connectivity index (χ0) is 29.0. The molecule has 9 nitrogen and oxygen atoms in total. The van der Waals surface area contributed by atoms with Gasteiger partial charge in [-0.15, -0.1) is 5.10 Å². The number of hydrogen-bond acceptors (Lipinski definition) is 6. The first-order chi connectivity index (χ1) is 18.7. The number of nitrogens with zero attached hydrogens (tertiary/aromatic N) is 6. The van der Waals surface area contributed by atoms with Gasteiger partial charge in [0.15, 0.2) is 0 Å². The first-order valence-electron chi connectivity index (χ1n) is 11.9. The van der Waals surface area contributed by atoms with Crippen LogP contribution in [0.4, 0.5) is 32.3 Å². The summed E-state index contributed by atoms with van der Waals surface area (Å²) in [6.45, 7) is -0.926. The summed E-state index contributed by atoms with van der Waals surface area (Å²) in [4.78, 5) is 27.8. The highest BCUT2D eigenvalue weighted by molar-refractivity contribution is 6.06. The molecule has 1 N–H and O–H groups in total. The second-order valence-electron chi connectivity index (χ2n) is 9.45. The zero-order valence-electron chi connectivity index (χ0n) is 20.7. The summed E-state index contributed by atoms with van der Waals surface area (Å²) < 4.78 is 82.1. The molecule has 1 saturated carbocycles. The number of aromatic nitrogens is 5. The average molecular weight is 566 g/mol. The number of carbonyl (C=O) groups excluding carboxylic acids is 1. The summed E-state index contributed by atoms with van der Waals surface area (Å²) in [5.74, 6) is -2.34. The van der Waals surface area contributed by atoms with Gasteiger partial charge in [-0.1, -0.05) is 23.3 Å². The predicted molar refractivity (Wildman–Crippen MR) is 127 cm³/mol. The molecule has 0 aliphatic heterocycles. The van der Waals surface area contributed by atoms with E-state index in [1.807, 2.05) is 0 Å². The van der Waals surface area contributed by atoms with Crippen LogP contribution in [0.3, 0.4) is 0 Å². The van der Waals surface area contributed by atoms with Crippen LogP contribution in [-0.4, -0.2) is 41.8 Å². The van der Waals surface area contributed by atoms with E-state index < -0.39 is 41.9 Å². The van der Waals surface area contributed by atoms with Crippen molar-refractivity contribution >= 4 is 28.7 Å². The van der Waals surface area contributed by atoms with Crippen LogP contribution in [-0.2, 0) is 32.5 Å². The van der Waals surface area contributed by atoms with Crippen molar-refractivity contribution in [1.82, 2.24) is 24.8 Å². The fourth-order valence-electron chi connectivity index (χ4n) is 4.55. The SMILES string of the molecule is Cn1nnc(N(Cc2cc(C(F)(F)F)cc(C(F)(F)F)c2)Cc2c(C(=O)O)n(C(=O)C3CC3)c3ccccc23)n1. The molecule has 15 heteroatoms. The molecule has 0 saturated heterocycles. The Morgan fingerprint density at radius 3 is 2.15 bits per heavy atom. The lowest BCUT2D eigenvalue weighted by Gasteiger charge is -2.22. The van der Waals surface area contributed by atoms with E-state index in [9.17, 15) is 41.0 Å². The van der Waals surface area contributed by atoms with Crippen LogP contribution < -0.4 is 4.90 Å². The Balaban J connectivity index is 1.65. The number of carboxylic acid groups (broad SMARTS) is 1. The molecule has 2 aromatic heterocycles. The van der Waals surface area contributed by atoms with Crippen LogP contribution in [0.2, 0.25) is 0 Å². The first kappa shape index (κ1) is 27.1. The number of aryl methyl sites for hydroxylation is 1. The summed E-state index contributed by atoms with van der Waals surface area (Å²) in [5.41, 5.74) is -3.29. The zero-order valence-corrected chi connectivity index (χ0v) is 20.7. The number of para-hydroxylation sites is 1. The Morgan fingerprint density at radius 2 is 1.62 bits per heavy atom. The third-order valence-corrected chi connectivity index (χ3v) is 6.48. The molecule has 0 spiro atoms. The monoisotopic (exact) mass is 566 g/mol. The van der Waals surface area contributed by atoms with Gasteiger partial charge in [-0.3, -0.25) is 9.36 Å². The molecule has 2 heterocycles. The smallest absolute Gasteiger partial charge is 0.416 e. The van der Waals surface area contributed by atoms with Crippen LogP contribution in [0.5, 0.6) is 0 Å². The maximum atomic E-state index is 13.5. The van der Waals surface area contributed by atoms with Gasteiger partial charge in [0.25, 0.3) is 5.95 Å². The summed E-state index contributed by atoms with van der Waals surface area (Å²) in [6, 6.07) is 7.58. The Labute approximate surface area is 221 Å². The highest BCUT2D eigenvalue weighted by Gasteiger charge is 2.38. The molecule has 0 atom stereocenters. The van der Waals surface area contributed by atoms with Crippen LogP contribution in [0.15, 0.2) is 42.5 Å². The number of anilines is 1. The fraction of sp³-hybridized carbons (Fsp3) is 0.320. The highest BCUT2D eigenvalue weighted by Crippen LogP contribution is 2.38. The molecule has 0 bridgehead atoms. The minimum Gasteiger partial charge on any atom is -0.477 e. The minimum atomic E-state index is -5.06. The molecule has 5 rings (SSSR count). The maximum Gasteiger partial charge on any atom is 0.416 e. The van der Waals surface area contributed by atoms with Gasteiger partial charge in [0.1, 0.15) is 5.69 Å². The van der Waals surface area contributed by atoms with E-state index in [1.54, 1.807) is 24.3 Å². The number of halogens is 6. The molecular weight excluding hydrogens is 546 g/mol. The van der Waals surface area contributed by atoms with E-state index in [1.165, 1.54) is 11.9 Å². The predicted octanol–water partition coefficient (Wildman–Crippen LogP) is 5.16. The van der Waals surface area contributed by atoms with Gasteiger partial charge in [-0.2, -0.15) is 31.1 Å². The number of rotatable bonds is 7. The average Bonchev–Trinajstić information content (AvgIpc) is 3.55. The van der Waals surface area contributed by atoms with Gasteiger partial charge in [0.05, 0.1) is 23.7 Å². The number of tetrazole rings is 1. The number of carboxylic acids is 1. The quantitative estimate of drug-likeness (QED) is 0.308. The maximum absolute atomic E-state index is 13.5. The van der Waals surface area contributed by atoms with Crippen LogP contribution in [0.25, 0.3) is 10.9 Å². The van der Waals surface area contributed by atoms with Gasteiger partial charge < -0.3 is 10.0 Å². The molecule has 4 aromatic rings. The summed E-state index contributed by atoms with van der Waals surface area (Å²) in [5, 5.41) is 22.1. The lowest BCUT2D eigenvalue weighted by Crippen LogP contribution is -2.26. The van der Waals surface area contributed by atoms with E-state index >= 15 is 0 Å². The highest BCUT2D eigenvalue weighted by atomic mass is 19.4. The summed E-state index contributed by atoms with van der Waals surface area (Å²) >= 11 is 0. The second kappa shape index (κ2) is 9.64. The molecule has 40 heavy (non-hydrogen) atoms. The van der Waals surface area contributed by atoms with E-state index in [0.717, 1.165) is 9.36 Å². The number of carbonyl (C=O) groups is 2. The van der Waals surface area contributed by atoms with Crippen molar-refractivity contribution in [2.45, 2.75) is 38.3 Å². The van der Waals surface area contributed by atoms with Crippen LogP contribution in [0.1, 0.15) is 50.4 Å². The lowest BCUT2D eigenvalue weighted by atomic mass is 10.0. The van der Waals surface area contributed by atoms with Crippen molar-refractivity contribution < 1.29 is 41.0 Å². The van der Waals surface area contributed by atoms with E-state index in [0.29, 0.717) is 35.9 Å². The van der Waals surface area contributed by atoms with Crippen molar-refractivity contribution in [1.29, 1.82) is 0 Å². The number of hydrogen-bond donors (Lipinski definition) is 1. The Morgan fingerprint density at radius 1 is 1.00 bits per heavy atom. The Kier molecular flexibility index (Phi) is 6.54. The minimum absolute atomic E-state index is 0.0219. The van der Waals surface area contributed by atoms with Crippen LogP contribution >= 0.6 is 0 Å². The molecule has 1 aliphatic carbocycles. The van der Waals surface area contributed by atoms with Gasteiger partial charge >= 0.3 is 18.3 Å². The van der Waals surface area contributed by atoms with E-state index in [4.69, 9.17) is 0 Å². The Hall–Kier alpha value is -4.43. The molecule has 0 radical (unpaired) electrons. The molecule has 0 unspecified atom stereocenters. The Bertz CT molecular complexity index is 1590. The molecule has 1 aliphatic rings. The fourth-order valence-corrected chi connectivity index (χ4v) is 4.55. The lowest BCUT2D eigenvalue weighted by molar-refractivity contribution is -0.143. The van der Waals surface area contributed by atoms with Crippen molar-refractivity contribution in [3.63, 3.8) is 0 Å². The number of fused-ring (bicyclic) bond motifs is 1. The van der Waals surface area contributed by atoms with Crippen molar-refractivity contribution in [3.8, 4) is 0 Å². The first-order valence-corrected chi connectivity index (χ1v) is 11.9. The molecule has 0 amide bonds. The summed E-state index contributed by atoms with van der Waals surface area (Å²) in [6.07, 6.45) is -8.91. The molecular formula is C25H20F6N6O3. The van der Waals surface area contributed by atoms with Gasteiger partial charge in [-0.05, 0) is 47.9 Å². The van der Waals surface area contributed by atoms with Gasteiger partial charge in [0, 0.05) is 30.0 Å². The molecule has 1 fully saturated rings. The largest absolute Gasteiger partial charge is 0.477 e. The van der Waals surface area contributed by atoms with E-state index in [2.05, 4.69) is 15.4 Å². The van der Waals surface area contributed by atoms with E-state index in [-0.39, 0.29) is 41.3 Å². The van der Waals surface area contributed by atoms with Gasteiger partial charge in [-0.25, -0.2) is 4.79 Å². The third kappa shape index (κ3) is 5.22.